The van der Waals surface area contributed by atoms with Crippen LogP contribution in [0.25, 0.3) is 0 Å². The topological polar surface area (TPSA) is 12.0 Å². The van der Waals surface area contributed by atoms with Crippen molar-refractivity contribution in [1.82, 2.24) is 5.32 Å². The molecule has 0 heterocycles. The Balaban J connectivity index is 1.92. The zero-order chi connectivity index (χ0) is 13.0. The minimum Gasteiger partial charge on any atom is -0.309 e. The second-order valence-electron chi connectivity index (χ2n) is 4.61. The number of rotatable bonds is 4. The lowest BCUT2D eigenvalue weighted by atomic mass is 10.1. The SMILES string of the molecule is Cc1ccc(CNCc2ccccc2Cl)cc1C. The lowest BCUT2D eigenvalue weighted by Crippen LogP contribution is -2.13. The molecule has 2 heteroatoms. The molecule has 1 N–H and O–H groups in total. The van der Waals surface area contributed by atoms with E-state index < -0.39 is 0 Å². The molecular weight excluding hydrogens is 242 g/mol. The van der Waals surface area contributed by atoms with Crippen molar-refractivity contribution < 1.29 is 0 Å². The number of halogens is 1. The normalized spacial score (nSPS) is 10.6. The predicted molar refractivity (Wildman–Crippen MR) is 77.9 cm³/mol. The van der Waals surface area contributed by atoms with Gasteiger partial charge in [-0.25, -0.2) is 0 Å². The van der Waals surface area contributed by atoms with Crippen molar-refractivity contribution in [3.05, 3.63) is 69.7 Å². The summed E-state index contributed by atoms with van der Waals surface area (Å²) < 4.78 is 0. The molecule has 0 unspecified atom stereocenters. The van der Waals surface area contributed by atoms with Gasteiger partial charge in [0.25, 0.3) is 0 Å². The second-order valence-corrected chi connectivity index (χ2v) is 5.02. The van der Waals surface area contributed by atoms with Gasteiger partial charge in [0.05, 0.1) is 0 Å². The van der Waals surface area contributed by atoms with E-state index in [0.29, 0.717) is 0 Å². The van der Waals surface area contributed by atoms with Crippen molar-refractivity contribution in [3.63, 3.8) is 0 Å². The van der Waals surface area contributed by atoms with Crippen molar-refractivity contribution >= 4 is 11.6 Å². The number of hydrogen-bond acceptors (Lipinski definition) is 1. The molecule has 0 aliphatic heterocycles. The molecular formula is C16H18ClN. The zero-order valence-corrected chi connectivity index (χ0v) is 11.6. The van der Waals surface area contributed by atoms with Gasteiger partial charge in [-0.05, 0) is 42.2 Å². The highest BCUT2D eigenvalue weighted by atomic mass is 35.5. The smallest absolute Gasteiger partial charge is 0.0450 e. The Morgan fingerprint density at radius 1 is 0.944 bits per heavy atom. The van der Waals surface area contributed by atoms with Crippen LogP contribution in [-0.2, 0) is 13.1 Å². The van der Waals surface area contributed by atoms with Crippen LogP contribution < -0.4 is 5.32 Å². The fourth-order valence-electron chi connectivity index (χ4n) is 1.90. The van der Waals surface area contributed by atoms with Crippen LogP contribution in [0.1, 0.15) is 22.3 Å². The van der Waals surface area contributed by atoms with E-state index in [1.165, 1.54) is 16.7 Å². The molecule has 0 radical (unpaired) electrons. The predicted octanol–water partition coefficient (Wildman–Crippen LogP) is 4.25. The van der Waals surface area contributed by atoms with Crippen LogP contribution in [0.2, 0.25) is 5.02 Å². The van der Waals surface area contributed by atoms with E-state index >= 15 is 0 Å². The van der Waals surface area contributed by atoms with Gasteiger partial charge in [-0.1, -0.05) is 48.0 Å². The van der Waals surface area contributed by atoms with E-state index in [0.717, 1.165) is 23.7 Å². The van der Waals surface area contributed by atoms with Crippen molar-refractivity contribution in [2.75, 3.05) is 0 Å². The van der Waals surface area contributed by atoms with Gasteiger partial charge < -0.3 is 5.32 Å². The highest BCUT2D eigenvalue weighted by molar-refractivity contribution is 6.31. The largest absolute Gasteiger partial charge is 0.309 e. The van der Waals surface area contributed by atoms with E-state index in [-0.39, 0.29) is 0 Å². The molecule has 0 fully saturated rings. The van der Waals surface area contributed by atoms with E-state index in [1.807, 2.05) is 18.2 Å². The standard InChI is InChI=1S/C16H18ClN/c1-12-7-8-14(9-13(12)2)10-18-11-15-5-3-4-6-16(15)17/h3-9,18H,10-11H2,1-2H3. The van der Waals surface area contributed by atoms with Crippen molar-refractivity contribution in [2.24, 2.45) is 0 Å². The van der Waals surface area contributed by atoms with Gasteiger partial charge in [0.1, 0.15) is 0 Å². The summed E-state index contributed by atoms with van der Waals surface area (Å²) in [7, 11) is 0. The first-order valence-corrected chi connectivity index (χ1v) is 6.55. The molecule has 1 nitrogen and oxygen atoms in total. The first kappa shape index (κ1) is 13.1. The summed E-state index contributed by atoms with van der Waals surface area (Å²) in [6.07, 6.45) is 0. The number of benzene rings is 2. The number of aryl methyl sites for hydroxylation is 2. The number of hydrogen-bond donors (Lipinski definition) is 1. The van der Waals surface area contributed by atoms with Gasteiger partial charge >= 0.3 is 0 Å². The highest BCUT2D eigenvalue weighted by Gasteiger charge is 1.99. The van der Waals surface area contributed by atoms with Gasteiger partial charge in [0.15, 0.2) is 0 Å². The molecule has 0 bridgehead atoms. The molecule has 2 aromatic carbocycles. The molecule has 0 aliphatic carbocycles. The Morgan fingerprint density at radius 3 is 2.44 bits per heavy atom. The third-order valence-corrected chi connectivity index (χ3v) is 3.54. The number of nitrogens with one attached hydrogen (secondary N) is 1. The lowest BCUT2D eigenvalue weighted by molar-refractivity contribution is 0.693. The van der Waals surface area contributed by atoms with E-state index in [1.54, 1.807) is 0 Å². The summed E-state index contributed by atoms with van der Waals surface area (Å²) in [4.78, 5) is 0. The molecule has 0 saturated carbocycles. The fourth-order valence-corrected chi connectivity index (χ4v) is 2.10. The summed E-state index contributed by atoms with van der Waals surface area (Å²) in [5.41, 5.74) is 5.13. The van der Waals surface area contributed by atoms with Crippen LogP contribution in [-0.4, -0.2) is 0 Å². The highest BCUT2D eigenvalue weighted by Crippen LogP contribution is 2.15. The Kier molecular flexibility index (Phi) is 4.40. The Bertz CT molecular complexity index is 534. The first-order chi connectivity index (χ1) is 8.66. The molecule has 0 saturated heterocycles. The van der Waals surface area contributed by atoms with E-state index in [4.69, 9.17) is 11.6 Å². The van der Waals surface area contributed by atoms with Crippen molar-refractivity contribution in [3.8, 4) is 0 Å². The van der Waals surface area contributed by atoms with Gasteiger partial charge in [0.2, 0.25) is 0 Å². The molecule has 2 aromatic rings. The Labute approximate surface area is 114 Å². The Hall–Kier alpha value is -1.31. The van der Waals surface area contributed by atoms with Crippen LogP contribution in [0, 0.1) is 13.8 Å². The van der Waals surface area contributed by atoms with Gasteiger partial charge in [-0.15, -0.1) is 0 Å². The third-order valence-electron chi connectivity index (χ3n) is 3.17. The summed E-state index contributed by atoms with van der Waals surface area (Å²) in [5.74, 6) is 0. The van der Waals surface area contributed by atoms with Crippen LogP contribution in [0.5, 0.6) is 0 Å². The summed E-state index contributed by atoms with van der Waals surface area (Å²) in [5, 5.41) is 4.25. The maximum atomic E-state index is 6.11. The van der Waals surface area contributed by atoms with Crippen LogP contribution >= 0.6 is 11.6 Å². The molecule has 0 aromatic heterocycles. The molecule has 0 aliphatic rings. The third kappa shape index (κ3) is 3.34. The van der Waals surface area contributed by atoms with E-state index in [9.17, 15) is 0 Å². The molecule has 0 amide bonds. The average Bonchev–Trinajstić information content (AvgIpc) is 2.36. The maximum Gasteiger partial charge on any atom is 0.0450 e. The second kappa shape index (κ2) is 6.03. The summed E-state index contributed by atoms with van der Waals surface area (Å²) >= 11 is 6.11. The average molecular weight is 260 g/mol. The summed E-state index contributed by atoms with van der Waals surface area (Å²) in [6.45, 7) is 5.95. The van der Waals surface area contributed by atoms with E-state index in [2.05, 4.69) is 43.4 Å². The molecule has 94 valence electrons. The fraction of sp³-hybridized carbons (Fsp3) is 0.250. The monoisotopic (exact) mass is 259 g/mol. The van der Waals surface area contributed by atoms with Crippen LogP contribution in [0.3, 0.4) is 0 Å². The van der Waals surface area contributed by atoms with Crippen molar-refractivity contribution in [1.29, 1.82) is 0 Å². The van der Waals surface area contributed by atoms with Crippen LogP contribution in [0.15, 0.2) is 42.5 Å². The quantitative estimate of drug-likeness (QED) is 0.866. The minimum atomic E-state index is 0.798. The summed E-state index contributed by atoms with van der Waals surface area (Å²) in [6, 6.07) is 14.5. The molecule has 0 atom stereocenters. The van der Waals surface area contributed by atoms with Gasteiger partial charge in [-0.2, -0.15) is 0 Å². The Morgan fingerprint density at radius 2 is 1.72 bits per heavy atom. The zero-order valence-electron chi connectivity index (χ0n) is 10.8. The van der Waals surface area contributed by atoms with Crippen LogP contribution in [0.4, 0.5) is 0 Å². The first-order valence-electron chi connectivity index (χ1n) is 6.17. The molecule has 0 spiro atoms. The minimum absolute atomic E-state index is 0.798. The maximum absolute atomic E-state index is 6.11. The molecule has 18 heavy (non-hydrogen) atoms. The lowest BCUT2D eigenvalue weighted by Gasteiger charge is -2.08. The van der Waals surface area contributed by atoms with Gasteiger partial charge in [-0.3, -0.25) is 0 Å². The van der Waals surface area contributed by atoms with Gasteiger partial charge in [0, 0.05) is 18.1 Å². The molecule has 2 rings (SSSR count). The van der Waals surface area contributed by atoms with Crippen molar-refractivity contribution in [2.45, 2.75) is 26.9 Å².